The van der Waals surface area contributed by atoms with Gasteiger partial charge in [-0.1, -0.05) is 18.2 Å². The molecular weight excluding hydrogens is 282 g/mol. The molecule has 0 bridgehead atoms. The van der Waals surface area contributed by atoms with E-state index >= 15 is 0 Å². The first-order valence-electron chi connectivity index (χ1n) is 6.70. The zero-order chi connectivity index (χ0) is 15.9. The first-order chi connectivity index (χ1) is 10.6. The number of anilines is 1. The van der Waals surface area contributed by atoms with Crippen LogP contribution in [0.5, 0.6) is 0 Å². The van der Waals surface area contributed by atoms with Gasteiger partial charge in [0.05, 0.1) is 17.9 Å². The molecular formula is C16H17N3O3. The lowest BCUT2D eigenvalue weighted by Gasteiger charge is -2.17. The van der Waals surface area contributed by atoms with Gasteiger partial charge < -0.3 is 4.74 Å². The summed E-state index contributed by atoms with van der Waals surface area (Å²) in [5.41, 5.74) is 1.72. The molecule has 0 aliphatic rings. The van der Waals surface area contributed by atoms with Crippen LogP contribution < -0.4 is 10.2 Å². The van der Waals surface area contributed by atoms with Gasteiger partial charge in [0, 0.05) is 26.0 Å². The van der Waals surface area contributed by atoms with Crippen molar-refractivity contribution in [3.63, 3.8) is 0 Å². The number of nitrogens with zero attached hydrogens (tertiary/aromatic N) is 2. The zero-order valence-electron chi connectivity index (χ0n) is 12.4. The number of amides is 3. The Kier molecular flexibility index (Phi) is 5.21. The van der Waals surface area contributed by atoms with Crippen LogP contribution in [0.25, 0.3) is 0 Å². The third kappa shape index (κ3) is 3.89. The quantitative estimate of drug-likeness (QED) is 0.939. The number of hydrogen-bond acceptors (Lipinski definition) is 4. The van der Waals surface area contributed by atoms with E-state index in [-0.39, 0.29) is 0 Å². The van der Waals surface area contributed by atoms with Crippen molar-refractivity contribution in [3.8, 4) is 0 Å². The third-order valence-corrected chi connectivity index (χ3v) is 3.05. The number of benzene rings is 1. The summed E-state index contributed by atoms with van der Waals surface area (Å²) in [5.74, 6) is -0.496. The predicted octanol–water partition coefficient (Wildman–Crippen LogP) is 2.21. The number of methoxy groups -OCH3 is 1. The topological polar surface area (TPSA) is 71.5 Å². The Bertz CT molecular complexity index is 641. The van der Waals surface area contributed by atoms with Gasteiger partial charge in [-0.15, -0.1) is 0 Å². The molecule has 6 nitrogen and oxygen atoms in total. The van der Waals surface area contributed by atoms with Crippen molar-refractivity contribution >= 4 is 17.6 Å². The number of carbonyl (C=O) groups excluding carboxylic acids is 2. The van der Waals surface area contributed by atoms with Crippen molar-refractivity contribution in [1.29, 1.82) is 0 Å². The summed E-state index contributed by atoms with van der Waals surface area (Å²) in [7, 11) is 3.16. The molecule has 1 N–H and O–H groups in total. The first-order valence-corrected chi connectivity index (χ1v) is 6.70. The van der Waals surface area contributed by atoms with Crippen LogP contribution in [0.1, 0.15) is 16.1 Å². The number of para-hydroxylation sites is 1. The van der Waals surface area contributed by atoms with Gasteiger partial charge >= 0.3 is 6.03 Å². The van der Waals surface area contributed by atoms with Gasteiger partial charge in [-0.05, 0) is 24.3 Å². The maximum atomic E-state index is 12.1. The maximum Gasteiger partial charge on any atom is 0.328 e. The van der Waals surface area contributed by atoms with Crippen molar-refractivity contribution in [2.24, 2.45) is 0 Å². The summed E-state index contributed by atoms with van der Waals surface area (Å²) < 4.78 is 4.95. The fourth-order valence-corrected chi connectivity index (χ4v) is 1.81. The van der Waals surface area contributed by atoms with Crippen LogP contribution in [0.15, 0.2) is 48.7 Å². The molecule has 0 aliphatic heterocycles. The average Bonchev–Trinajstić information content (AvgIpc) is 2.55. The van der Waals surface area contributed by atoms with Crippen LogP contribution in [0.4, 0.5) is 10.5 Å². The lowest BCUT2D eigenvalue weighted by atomic mass is 10.2. The number of aromatic nitrogens is 1. The highest BCUT2D eigenvalue weighted by Gasteiger charge is 2.15. The van der Waals surface area contributed by atoms with E-state index in [9.17, 15) is 9.59 Å². The van der Waals surface area contributed by atoms with Crippen molar-refractivity contribution in [1.82, 2.24) is 10.3 Å². The maximum absolute atomic E-state index is 12.1. The van der Waals surface area contributed by atoms with Crippen LogP contribution in [0, 0.1) is 0 Å². The third-order valence-electron chi connectivity index (χ3n) is 3.05. The second-order valence-corrected chi connectivity index (χ2v) is 4.63. The van der Waals surface area contributed by atoms with E-state index in [0.717, 1.165) is 0 Å². The van der Waals surface area contributed by atoms with E-state index in [1.54, 1.807) is 38.4 Å². The number of ether oxygens (including phenoxy) is 1. The van der Waals surface area contributed by atoms with E-state index in [2.05, 4.69) is 10.3 Å². The molecule has 6 heteroatoms. The minimum atomic E-state index is -0.503. The number of hydrogen-bond donors (Lipinski definition) is 1. The average molecular weight is 299 g/mol. The van der Waals surface area contributed by atoms with E-state index in [1.165, 1.54) is 11.1 Å². The van der Waals surface area contributed by atoms with Gasteiger partial charge in [-0.3, -0.25) is 20.0 Å². The van der Waals surface area contributed by atoms with E-state index in [1.807, 2.05) is 18.2 Å². The molecule has 114 valence electrons. The number of nitrogens with one attached hydrogen (secondary N) is 1. The molecule has 0 saturated carbocycles. The highest BCUT2D eigenvalue weighted by molar-refractivity contribution is 6.08. The lowest BCUT2D eigenvalue weighted by molar-refractivity contribution is 0.0965. The Morgan fingerprint density at radius 1 is 1.18 bits per heavy atom. The monoisotopic (exact) mass is 299 g/mol. The van der Waals surface area contributed by atoms with Gasteiger partial charge in [0.15, 0.2) is 0 Å². The smallest absolute Gasteiger partial charge is 0.328 e. The van der Waals surface area contributed by atoms with Crippen LogP contribution in [-0.4, -0.2) is 31.1 Å². The molecule has 22 heavy (non-hydrogen) atoms. The highest BCUT2D eigenvalue weighted by Crippen LogP contribution is 2.11. The largest absolute Gasteiger partial charge is 0.378 e. The molecule has 3 amide bonds. The van der Waals surface area contributed by atoms with Crippen molar-refractivity contribution in [2.75, 3.05) is 19.1 Å². The fourth-order valence-electron chi connectivity index (χ4n) is 1.81. The number of urea groups is 1. The molecule has 1 aromatic carbocycles. The van der Waals surface area contributed by atoms with Crippen molar-refractivity contribution < 1.29 is 14.3 Å². The predicted molar refractivity (Wildman–Crippen MR) is 82.7 cm³/mol. The van der Waals surface area contributed by atoms with Gasteiger partial charge in [-0.2, -0.15) is 0 Å². The Labute approximate surface area is 128 Å². The zero-order valence-corrected chi connectivity index (χ0v) is 12.4. The molecule has 2 rings (SSSR count). The summed E-state index contributed by atoms with van der Waals surface area (Å²) in [6.45, 7) is 0.373. The Morgan fingerprint density at radius 2 is 1.91 bits per heavy atom. The second-order valence-electron chi connectivity index (χ2n) is 4.63. The number of carbonyl (C=O) groups is 2. The van der Waals surface area contributed by atoms with Crippen LogP contribution in [0.3, 0.4) is 0 Å². The second kappa shape index (κ2) is 7.33. The molecule has 0 fully saturated rings. The molecule has 0 aliphatic carbocycles. The fraction of sp³-hybridized carbons (Fsp3) is 0.188. The highest BCUT2D eigenvalue weighted by atomic mass is 16.5. The van der Waals surface area contributed by atoms with Crippen molar-refractivity contribution in [3.05, 3.63) is 59.9 Å². The minimum absolute atomic E-state index is 0.315. The summed E-state index contributed by atoms with van der Waals surface area (Å²) in [5, 5.41) is 2.32. The van der Waals surface area contributed by atoms with Crippen LogP contribution in [0.2, 0.25) is 0 Å². The number of pyridine rings is 1. The summed E-state index contributed by atoms with van der Waals surface area (Å²) in [6.07, 6.45) is 1.42. The van der Waals surface area contributed by atoms with Crippen LogP contribution in [-0.2, 0) is 11.3 Å². The summed E-state index contributed by atoms with van der Waals surface area (Å²) in [4.78, 5) is 29.5. The minimum Gasteiger partial charge on any atom is -0.378 e. The van der Waals surface area contributed by atoms with Crippen LogP contribution >= 0.6 is 0 Å². The Balaban J connectivity index is 2.00. The number of imide groups is 1. The summed E-state index contributed by atoms with van der Waals surface area (Å²) >= 11 is 0. The van der Waals surface area contributed by atoms with E-state index in [0.29, 0.717) is 23.6 Å². The molecule has 0 spiro atoms. The molecule has 1 aromatic heterocycles. The van der Waals surface area contributed by atoms with Gasteiger partial charge in [0.1, 0.15) is 0 Å². The van der Waals surface area contributed by atoms with Gasteiger partial charge in [0.2, 0.25) is 0 Å². The van der Waals surface area contributed by atoms with Gasteiger partial charge in [-0.25, -0.2) is 4.79 Å². The standard InChI is InChI=1S/C16H17N3O3/c1-19(14-6-4-3-5-7-14)16(21)18-15(20)12-8-9-13(11-22-2)17-10-12/h3-10H,11H2,1-2H3,(H,18,20,21). The molecule has 0 atom stereocenters. The molecule has 0 radical (unpaired) electrons. The lowest BCUT2D eigenvalue weighted by Crippen LogP contribution is -2.40. The van der Waals surface area contributed by atoms with E-state index < -0.39 is 11.9 Å². The Morgan fingerprint density at radius 3 is 2.50 bits per heavy atom. The first kappa shape index (κ1) is 15.7. The van der Waals surface area contributed by atoms with Gasteiger partial charge in [0.25, 0.3) is 5.91 Å². The number of rotatable bonds is 4. The molecule has 2 aromatic rings. The molecule has 0 saturated heterocycles. The SMILES string of the molecule is COCc1ccc(C(=O)NC(=O)N(C)c2ccccc2)cn1. The molecule has 0 unspecified atom stereocenters. The van der Waals surface area contributed by atoms with E-state index in [4.69, 9.17) is 4.74 Å². The Hall–Kier alpha value is -2.73. The summed E-state index contributed by atoms with van der Waals surface area (Å²) in [6, 6.07) is 11.8. The van der Waals surface area contributed by atoms with Crippen molar-refractivity contribution in [2.45, 2.75) is 6.61 Å². The normalized spacial score (nSPS) is 10.1. The molecule has 1 heterocycles.